The molecule has 3 aromatic rings. The van der Waals surface area contributed by atoms with E-state index in [-0.39, 0.29) is 38.5 Å². The van der Waals surface area contributed by atoms with Crippen molar-refractivity contribution in [1.82, 2.24) is 5.32 Å². The summed E-state index contributed by atoms with van der Waals surface area (Å²) in [6.45, 7) is 49.1. The highest BCUT2D eigenvalue weighted by Crippen LogP contribution is 2.50. The highest BCUT2D eigenvalue weighted by Gasteiger charge is 2.38. The average molecular weight is 826 g/mol. The number of fused-ring (bicyclic) bond motifs is 2. The van der Waals surface area contributed by atoms with Gasteiger partial charge in [0.1, 0.15) is 0 Å². The van der Waals surface area contributed by atoms with Crippen molar-refractivity contribution in [1.29, 1.82) is 0 Å². The summed E-state index contributed by atoms with van der Waals surface area (Å²) in [5, 5.41) is 4.96. The lowest BCUT2D eigenvalue weighted by Gasteiger charge is -2.42. The van der Waals surface area contributed by atoms with Gasteiger partial charge in [0.2, 0.25) is 0 Å². The molecule has 1 radical (unpaired) electrons. The molecule has 0 amide bonds. The van der Waals surface area contributed by atoms with Crippen LogP contribution < -0.4 is 15.0 Å². The summed E-state index contributed by atoms with van der Waals surface area (Å²) in [5.41, 5.74) is 11.3. The molecule has 1 aromatic heterocycles. The Balaban J connectivity index is 2.00. The van der Waals surface area contributed by atoms with E-state index in [2.05, 4.69) is 227 Å². The first-order chi connectivity index (χ1) is 27.6. The van der Waals surface area contributed by atoms with Crippen molar-refractivity contribution in [2.24, 2.45) is 10.8 Å². The summed E-state index contributed by atoms with van der Waals surface area (Å²) in [6, 6.07) is 12.4. The van der Waals surface area contributed by atoms with Gasteiger partial charge in [-0.25, -0.2) is 0 Å². The number of benzene rings is 2. The quantitative estimate of drug-likeness (QED) is 0.0711. The second-order valence-electron chi connectivity index (χ2n) is 22.8. The molecule has 0 saturated carbocycles. The Kier molecular flexibility index (Phi) is 15.5. The lowest BCUT2D eigenvalue weighted by Crippen LogP contribution is -2.35. The topological polar surface area (TPSA) is 15.3 Å². The minimum atomic E-state index is -0.0407. The van der Waals surface area contributed by atoms with Gasteiger partial charge >= 0.3 is 0 Å². The molecule has 2 nitrogen and oxygen atoms in total. The van der Waals surface area contributed by atoms with Crippen LogP contribution >= 0.6 is 11.3 Å². The average Bonchev–Trinajstić information content (AvgIpc) is 3.47. The fraction of sp³-hybridized carbons (Fsp3) is 0.536. The number of hydrogen-bond donors (Lipinski definition) is 1. The van der Waals surface area contributed by atoms with Crippen LogP contribution in [-0.4, -0.2) is 19.9 Å². The van der Waals surface area contributed by atoms with Gasteiger partial charge in [0.15, 0.2) is 7.28 Å². The molecular formula is C56H82BN2S. The molecule has 1 N–H and O–H groups in total. The first-order valence-electron chi connectivity index (χ1n) is 22.7. The minimum Gasteiger partial charge on any atom is -0.388 e. The third-order valence-corrected chi connectivity index (χ3v) is 13.8. The molecule has 1 aliphatic carbocycles. The molecule has 0 bridgehead atoms. The van der Waals surface area contributed by atoms with Gasteiger partial charge in [0.05, 0.1) is 11.7 Å². The summed E-state index contributed by atoms with van der Waals surface area (Å²) >= 11 is 1.94. The number of anilines is 2. The molecule has 0 saturated heterocycles. The maximum absolute atomic E-state index is 4.41. The van der Waals surface area contributed by atoms with Crippen molar-refractivity contribution >= 4 is 44.9 Å². The van der Waals surface area contributed by atoms with Gasteiger partial charge in [0.25, 0.3) is 0 Å². The Morgan fingerprint density at radius 2 is 1.47 bits per heavy atom. The lowest BCUT2D eigenvalue weighted by molar-refractivity contribution is 0.332. The molecule has 1 aliphatic rings. The van der Waals surface area contributed by atoms with E-state index < -0.39 is 0 Å². The molecule has 1 heterocycles. The van der Waals surface area contributed by atoms with E-state index in [4.69, 9.17) is 0 Å². The second-order valence-corrected chi connectivity index (χ2v) is 23.9. The van der Waals surface area contributed by atoms with Crippen LogP contribution in [0.25, 0.3) is 10.1 Å². The van der Waals surface area contributed by atoms with Gasteiger partial charge < -0.3 is 10.2 Å². The molecule has 1 unspecified atom stereocenters. The SMILES string of the molecule is C=CCC(/C=C/NC/C=C\C(=C/C)C(C)(C)C)N(c1ccc(C(C)(C)C)c(C(C)(C)C)c1)c1c([B]/C=C/CCC(=C)C(C)(C)C)sc2cc3c(cc12)C(C)(C)CCC3(C)C. The summed E-state index contributed by atoms with van der Waals surface area (Å²) in [5.74, 6) is 2.29. The van der Waals surface area contributed by atoms with Crippen molar-refractivity contribution in [3.05, 3.63) is 126 Å². The summed E-state index contributed by atoms with van der Waals surface area (Å²) in [7, 11) is 2.38. The van der Waals surface area contributed by atoms with Crippen LogP contribution in [0.4, 0.5) is 11.4 Å². The highest BCUT2D eigenvalue weighted by atomic mass is 32.1. The third kappa shape index (κ3) is 11.9. The minimum absolute atomic E-state index is 0.0116. The molecule has 325 valence electrons. The van der Waals surface area contributed by atoms with Crippen LogP contribution in [0.3, 0.4) is 0 Å². The fourth-order valence-corrected chi connectivity index (χ4v) is 9.70. The molecule has 0 fully saturated rings. The molecule has 0 spiro atoms. The number of thiophene rings is 1. The van der Waals surface area contributed by atoms with Gasteiger partial charge in [0, 0.05) is 22.3 Å². The third-order valence-electron chi connectivity index (χ3n) is 12.7. The predicted octanol–water partition coefficient (Wildman–Crippen LogP) is 15.8. The zero-order valence-electron chi connectivity index (χ0n) is 41.2. The number of nitrogens with one attached hydrogen (secondary N) is 1. The Morgan fingerprint density at radius 3 is 2.02 bits per heavy atom. The number of nitrogens with zero attached hydrogens (tertiary/aromatic N) is 1. The van der Waals surface area contributed by atoms with E-state index >= 15 is 0 Å². The van der Waals surface area contributed by atoms with Gasteiger partial charge in [-0.3, -0.25) is 0 Å². The van der Waals surface area contributed by atoms with E-state index in [9.17, 15) is 0 Å². The van der Waals surface area contributed by atoms with Crippen LogP contribution in [0.2, 0.25) is 0 Å². The second kappa shape index (κ2) is 18.9. The molecule has 60 heavy (non-hydrogen) atoms. The number of allylic oxidation sites excluding steroid dienone is 5. The van der Waals surface area contributed by atoms with E-state index in [0.29, 0.717) is 0 Å². The lowest BCUT2D eigenvalue weighted by atomic mass is 9.63. The van der Waals surface area contributed by atoms with Gasteiger partial charge in [-0.15, -0.1) is 23.9 Å². The van der Waals surface area contributed by atoms with Crippen LogP contribution in [-0.2, 0) is 21.7 Å². The summed E-state index contributed by atoms with van der Waals surface area (Å²) in [6.07, 6.45) is 20.8. The molecule has 1 atom stereocenters. The van der Waals surface area contributed by atoms with Gasteiger partial charge in [-0.2, -0.15) is 0 Å². The molecule has 2 aromatic carbocycles. The standard InChI is InChI=1S/C56H82BN2S/c1-20-25-41(30-35-58-34-24-27-40(21-2)52(7,8)9)59(42-28-29-44(53(10,11)12)45(36-42)54(13,14)15)49-43-37-46-47(56(18,19)32-31-55(46,16)17)38-48(43)60-50(49)57-33-23-22-26-39(3)51(4,5)6/h20-21,23-24,27-30,33,35-38,41,58H,1,3,22,25-26,31-32,34H2,2,4-19H3/b27-24-,33-23+,35-30+,40-21+. The van der Waals surface area contributed by atoms with Gasteiger partial charge in [-0.05, 0) is 141 Å². The monoisotopic (exact) mass is 826 g/mol. The maximum Gasteiger partial charge on any atom is 0.197 e. The normalized spacial score (nSPS) is 16.8. The van der Waals surface area contributed by atoms with E-state index in [1.54, 1.807) is 0 Å². The Labute approximate surface area is 373 Å². The smallest absolute Gasteiger partial charge is 0.197 e. The van der Waals surface area contributed by atoms with E-state index in [1.807, 2.05) is 11.3 Å². The van der Waals surface area contributed by atoms with Crippen LogP contribution in [0, 0.1) is 10.8 Å². The summed E-state index contributed by atoms with van der Waals surface area (Å²) in [4.78, 5) is 2.64. The van der Waals surface area contributed by atoms with Crippen LogP contribution in [0.15, 0.2) is 103 Å². The van der Waals surface area contributed by atoms with Gasteiger partial charge in [-0.1, -0.05) is 159 Å². The Morgan fingerprint density at radius 1 is 0.850 bits per heavy atom. The van der Waals surface area contributed by atoms with Crippen molar-refractivity contribution in [2.45, 2.75) is 178 Å². The first kappa shape index (κ1) is 49.2. The molecule has 4 heteroatoms. The molecular weight excluding hydrogens is 744 g/mol. The van der Waals surface area contributed by atoms with E-state index in [1.165, 1.54) is 72.5 Å². The predicted molar refractivity (Wildman–Crippen MR) is 274 cm³/mol. The number of rotatable bonds is 15. The fourth-order valence-electron chi connectivity index (χ4n) is 8.57. The Hall–Kier alpha value is -3.50. The largest absolute Gasteiger partial charge is 0.388 e. The van der Waals surface area contributed by atoms with E-state index in [0.717, 1.165) is 25.8 Å². The van der Waals surface area contributed by atoms with Crippen LogP contribution in [0.5, 0.6) is 0 Å². The zero-order chi connectivity index (χ0) is 45.1. The first-order valence-corrected chi connectivity index (χ1v) is 23.5. The molecule has 0 aliphatic heterocycles. The van der Waals surface area contributed by atoms with Crippen molar-refractivity contribution in [3.8, 4) is 0 Å². The Bertz CT molecular complexity index is 2100. The zero-order valence-corrected chi connectivity index (χ0v) is 42.0. The van der Waals surface area contributed by atoms with Crippen LogP contribution in [0.1, 0.15) is 172 Å². The molecule has 4 rings (SSSR count). The summed E-state index contributed by atoms with van der Waals surface area (Å²) < 4.78 is 2.64. The van der Waals surface area contributed by atoms with Crippen molar-refractivity contribution in [3.63, 3.8) is 0 Å². The maximum atomic E-state index is 4.41. The van der Waals surface area contributed by atoms with Crippen molar-refractivity contribution < 1.29 is 0 Å². The number of hydrogen-bond acceptors (Lipinski definition) is 3. The van der Waals surface area contributed by atoms with Crippen molar-refractivity contribution in [2.75, 3.05) is 11.4 Å². The highest BCUT2D eigenvalue weighted by molar-refractivity contribution is 7.28.